The van der Waals surface area contributed by atoms with E-state index in [1.807, 2.05) is 112 Å². The van der Waals surface area contributed by atoms with Gasteiger partial charge in [0.2, 0.25) is 11.8 Å². The molecular weight excluding hydrogens is 1490 g/mol. The van der Waals surface area contributed by atoms with Crippen molar-refractivity contribution in [3.63, 3.8) is 0 Å². The summed E-state index contributed by atoms with van der Waals surface area (Å²) in [7, 11) is 1.66. The molecule has 0 bridgehead atoms. The van der Waals surface area contributed by atoms with Crippen LogP contribution in [0.4, 0.5) is 5.13 Å². The number of amides is 2. The largest absolute Gasteiger partial charge is 0.506 e. The molecule has 0 spiro atoms. The zero-order valence-electron chi connectivity index (χ0n) is 53.5. The molecule has 5 aromatic heterocycles. The number of anilines is 1. The number of nitrogens with two attached hydrogens (primary N) is 2. The molecule has 14 rings (SSSR count). The molecule has 2 fully saturated rings. The van der Waals surface area contributed by atoms with Crippen molar-refractivity contribution >= 4 is 190 Å². The van der Waals surface area contributed by atoms with Crippen LogP contribution in [-0.2, 0) is 16.0 Å². The highest BCUT2D eigenvalue weighted by Crippen LogP contribution is 2.38. The second kappa shape index (κ2) is 32.8. The Kier molecular flexibility index (Phi) is 25.0. The maximum absolute atomic E-state index is 12.7. The van der Waals surface area contributed by atoms with Gasteiger partial charge in [-0.05, 0) is 224 Å². The van der Waals surface area contributed by atoms with Crippen LogP contribution in [0.2, 0.25) is 0 Å². The SMILES string of the molecule is COc1ccc([C@@H](C)N2C[C@H]([C@@H](C)Oc3cc(C)cc4ncsc34)CC2=O)cc1.Cc1cc(Br)c2sc(N)nc2c1.Cc1cc(Br)c2scnc2c1.Cc1cc(Br)cc(CC(N)=S)c1.Cc1cc(O)c2scnc2c1.Cc1cc(O[C@H](C)[C@H]2CNC(=O)C2)c2scnc2c1. The number of hydrogen-bond acceptors (Lipinski definition) is 18. The quantitative estimate of drug-likeness (QED) is 0.0887. The smallest absolute Gasteiger partial charge is 0.223 e. The number of halogens is 3. The fourth-order valence-electron chi connectivity index (χ4n) is 10.8. The lowest BCUT2D eigenvalue weighted by molar-refractivity contribution is -0.129. The van der Waals surface area contributed by atoms with Gasteiger partial charge in [0.15, 0.2) is 5.13 Å². The predicted octanol–water partition coefficient (Wildman–Crippen LogP) is 18.7. The number of phenolic OH excluding ortho intramolecular Hbond substituents is 1. The monoisotopic (exact) mass is 1560 g/mol. The van der Waals surface area contributed by atoms with Crippen molar-refractivity contribution in [1.82, 2.24) is 35.1 Å². The number of thiazole rings is 5. The molecular formula is C70H72Br3N9O6S6. The predicted molar refractivity (Wildman–Crippen MR) is 405 cm³/mol. The molecule has 0 unspecified atom stereocenters. The van der Waals surface area contributed by atoms with Gasteiger partial charge in [-0.2, -0.15) is 0 Å². The van der Waals surface area contributed by atoms with Crippen LogP contribution >= 0.6 is 117 Å². The van der Waals surface area contributed by atoms with Gasteiger partial charge in [-0.1, -0.05) is 57.7 Å². The van der Waals surface area contributed by atoms with Gasteiger partial charge in [0.25, 0.3) is 0 Å². The second-order valence-electron chi connectivity index (χ2n) is 23.2. The van der Waals surface area contributed by atoms with E-state index in [4.69, 9.17) is 37.9 Å². The molecule has 2 amide bonds. The van der Waals surface area contributed by atoms with Crippen LogP contribution < -0.4 is 31.0 Å². The van der Waals surface area contributed by atoms with E-state index < -0.39 is 0 Å². The number of aryl methyl sites for hydroxylation is 6. The maximum Gasteiger partial charge on any atom is 0.223 e. The minimum Gasteiger partial charge on any atom is -0.506 e. The van der Waals surface area contributed by atoms with Gasteiger partial charge in [0.1, 0.15) is 35.2 Å². The van der Waals surface area contributed by atoms with Gasteiger partial charge < -0.3 is 41.0 Å². The lowest BCUT2D eigenvalue weighted by Gasteiger charge is -2.27. The summed E-state index contributed by atoms with van der Waals surface area (Å²) in [6, 6.07) is 34.4. The summed E-state index contributed by atoms with van der Waals surface area (Å²) in [5.74, 6) is 3.60. The fourth-order valence-corrected chi connectivity index (χ4v) is 16.8. The summed E-state index contributed by atoms with van der Waals surface area (Å²) in [6.45, 7) is 19.8. The Bertz CT molecular complexity index is 4530. The minimum absolute atomic E-state index is 0.0195. The van der Waals surface area contributed by atoms with Crippen molar-refractivity contribution in [2.24, 2.45) is 17.6 Å². The molecule has 12 aromatic rings. The highest BCUT2D eigenvalue weighted by molar-refractivity contribution is 9.11. The number of carbonyl (C=O) groups excluding carboxylic acids is 2. The highest BCUT2D eigenvalue weighted by Gasteiger charge is 2.37. The average molecular weight is 1570 g/mol. The van der Waals surface area contributed by atoms with Crippen molar-refractivity contribution < 1.29 is 28.9 Å². The number of carbonyl (C=O) groups is 2. The lowest BCUT2D eigenvalue weighted by atomic mass is 10.0. The number of nitrogen functional groups attached to an aromatic ring is 1. The van der Waals surface area contributed by atoms with Gasteiger partial charge in [0.05, 0.1) is 91.3 Å². The van der Waals surface area contributed by atoms with Crippen molar-refractivity contribution in [1.29, 1.82) is 0 Å². The average Bonchev–Trinajstić information content (AvgIpc) is 1.67. The van der Waals surface area contributed by atoms with Crippen LogP contribution in [0.3, 0.4) is 0 Å². The molecule has 2 aliphatic heterocycles. The number of methoxy groups -OCH3 is 1. The zero-order valence-corrected chi connectivity index (χ0v) is 63.1. The second-order valence-corrected chi connectivity index (χ2v) is 30.8. The third-order valence-corrected chi connectivity index (χ3v) is 22.2. The number of aromatic hydroxyl groups is 1. The standard InChI is InChI=1S/C23H26N2O3S.C14H16N2O2S.C9H10BrNS.C8H7BrN2S.C8H6BrNS.C8H7NOS/c1-14-9-20-23(29-13-24-20)21(10-14)28-16(3)18-11-22(26)25(12-18)15(2)17-5-7-19(27-4)8-6-17;1-8-3-11-14(19-7-16-11)12(4-8)18-9(2)10-5-13(17)15-6-10;1-6-2-7(5-9(11)12)4-8(10)3-6;1-4-2-5(9)7-6(3-4)11-8(10)12-7;1-5-2-6(9)8-7(3-5)10-4-11-8;1-5-2-6-8(7(10)3-5)11-4-9-6/h5-10,13,15-16,18H,11-12H2,1-4H3;3-4,7,9-10H,5-6H2,1-2H3,(H,15,17);2-4H,5H2,1H3,(H2,11,12);2-3H,1H3,(H2,10,11);2-4H,1H3;2-4,10H,1H3/t15-,16-,18-;9-,10-;;;;/m11..../s1. The van der Waals surface area contributed by atoms with E-state index in [0.29, 0.717) is 48.2 Å². The molecule has 6 N–H and O–H groups in total. The van der Waals surface area contributed by atoms with Crippen LogP contribution in [0.5, 0.6) is 23.0 Å². The highest BCUT2D eigenvalue weighted by atomic mass is 79.9. The number of likely N-dealkylation sites (tertiary alicyclic amines) is 1. The van der Waals surface area contributed by atoms with Crippen molar-refractivity contribution in [2.45, 2.75) is 99.8 Å². The number of phenols is 1. The summed E-state index contributed by atoms with van der Waals surface area (Å²) in [6.07, 6.45) is 1.71. The number of benzene rings is 7. The molecule has 0 saturated carbocycles. The van der Waals surface area contributed by atoms with Gasteiger partial charge in [-0.15, -0.1) is 45.3 Å². The Morgan fingerprint density at radius 3 is 1.64 bits per heavy atom. The Hall–Kier alpha value is -6.74. The van der Waals surface area contributed by atoms with Crippen LogP contribution in [-0.4, -0.2) is 84.1 Å². The zero-order chi connectivity index (χ0) is 67.5. The summed E-state index contributed by atoms with van der Waals surface area (Å²) in [4.78, 5) is 47.8. The third-order valence-electron chi connectivity index (χ3n) is 15.5. The van der Waals surface area contributed by atoms with Crippen LogP contribution in [0, 0.1) is 53.4 Å². The summed E-state index contributed by atoms with van der Waals surface area (Å²) >= 11 is 23.0. The molecule has 490 valence electrons. The van der Waals surface area contributed by atoms with E-state index in [1.54, 1.807) is 52.7 Å². The van der Waals surface area contributed by atoms with Gasteiger partial charge >= 0.3 is 0 Å². The van der Waals surface area contributed by atoms with Crippen molar-refractivity contribution in [3.05, 3.63) is 183 Å². The molecule has 15 nitrogen and oxygen atoms in total. The van der Waals surface area contributed by atoms with Crippen molar-refractivity contribution in [2.75, 3.05) is 25.9 Å². The van der Waals surface area contributed by atoms with E-state index in [2.05, 4.69) is 147 Å². The fraction of sp³-hybridized carbons (Fsp3) is 0.286. The molecule has 0 radical (unpaired) electrons. The molecule has 2 aliphatic rings. The number of thiocarbonyl (C=S) groups is 1. The molecule has 2 saturated heterocycles. The Balaban J connectivity index is 0.000000139. The number of hydrogen-bond donors (Lipinski definition) is 4. The summed E-state index contributed by atoms with van der Waals surface area (Å²) < 4.78 is 26.3. The van der Waals surface area contributed by atoms with E-state index in [9.17, 15) is 14.7 Å². The Morgan fingerprint density at radius 1 is 0.628 bits per heavy atom. The Labute approximate surface area is 597 Å². The lowest BCUT2D eigenvalue weighted by Crippen LogP contribution is -2.31. The molecule has 7 heterocycles. The van der Waals surface area contributed by atoms with Crippen LogP contribution in [0.1, 0.15) is 84.2 Å². The number of nitrogens with zero attached hydrogens (tertiary/aromatic N) is 6. The minimum atomic E-state index is -0.0564. The van der Waals surface area contributed by atoms with E-state index in [-0.39, 0.29) is 41.9 Å². The normalized spacial score (nSPS) is 15.1. The summed E-state index contributed by atoms with van der Waals surface area (Å²) in [5.41, 5.74) is 32.5. The van der Waals surface area contributed by atoms with Gasteiger partial charge in [-0.25, -0.2) is 24.9 Å². The number of fused-ring (bicyclic) bond motifs is 5. The number of nitrogens with one attached hydrogen (secondary N) is 1. The van der Waals surface area contributed by atoms with E-state index in [0.717, 1.165) is 105 Å². The third kappa shape index (κ3) is 19.0. The van der Waals surface area contributed by atoms with Crippen LogP contribution in [0.25, 0.3) is 51.1 Å². The molecule has 0 aliphatic carbocycles. The van der Waals surface area contributed by atoms with E-state index in [1.165, 1.54) is 44.1 Å². The first-order chi connectivity index (χ1) is 44.9. The first kappa shape index (κ1) is 71.6. The Morgan fingerprint density at radius 2 is 1.11 bits per heavy atom. The summed E-state index contributed by atoms with van der Waals surface area (Å²) in [5, 5.41) is 12.9. The molecule has 24 heteroatoms. The van der Waals surface area contributed by atoms with Crippen molar-refractivity contribution in [3.8, 4) is 23.0 Å². The number of ether oxygens (including phenoxy) is 3. The van der Waals surface area contributed by atoms with Gasteiger partial charge in [0, 0.05) is 57.6 Å². The van der Waals surface area contributed by atoms with Gasteiger partial charge in [-0.3, -0.25) is 9.59 Å². The number of rotatable bonds is 11. The topological polar surface area (TPSA) is 214 Å². The molecule has 5 atom stereocenters. The molecule has 94 heavy (non-hydrogen) atoms. The first-order valence-electron chi connectivity index (χ1n) is 30.0. The molecule has 7 aromatic carbocycles. The first-order valence-corrected chi connectivity index (χ1v) is 37.1. The maximum atomic E-state index is 12.7. The van der Waals surface area contributed by atoms with E-state index >= 15 is 0 Å². The van der Waals surface area contributed by atoms with Crippen LogP contribution in [0.15, 0.2) is 139 Å². The number of aromatic nitrogens is 5.